The Bertz CT molecular complexity index is 526. The van der Waals surface area contributed by atoms with Gasteiger partial charge in [0.1, 0.15) is 0 Å². The van der Waals surface area contributed by atoms with Gasteiger partial charge in [-0.3, -0.25) is 9.79 Å². The summed E-state index contributed by atoms with van der Waals surface area (Å²) in [4.78, 5) is 16.7. The van der Waals surface area contributed by atoms with E-state index in [1.807, 2.05) is 6.08 Å². The van der Waals surface area contributed by atoms with Crippen molar-refractivity contribution in [3.05, 3.63) is 11.6 Å². The van der Waals surface area contributed by atoms with Crippen LogP contribution in [0.2, 0.25) is 0 Å². The van der Waals surface area contributed by atoms with Crippen LogP contribution < -0.4 is 0 Å². The van der Waals surface area contributed by atoms with Gasteiger partial charge in [-0.05, 0) is 42.2 Å². The van der Waals surface area contributed by atoms with Crippen molar-refractivity contribution in [2.24, 2.45) is 22.2 Å². The van der Waals surface area contributed by atoms with Crippen molar-refractivity contribution in [1.29, 1.82) is 5.26 Å². The number of hydrogen-bond donors (Lipinski definition) is 0. The van der Waals surface area contributed by atoms with Crippen molar-refractivity contribution < 1.29 is 9.53 Å². The summed E-state index contributed by atoms with van der Waals surface area (Å²) in [6.45, 7) is 9.59. The van der Waals surface area contributed by atoms with E-state index in [1.54, 1.807) is 0 Å². The second kappa shape index (κ2) is 9.61. The number of rotatable bonds is 8. The molecule has 0 saturated heterocycles. The molecule has 0 aromatic rings. The van der Waals surface area contributed by atoms with E-state index in [9.17, 15) is 10.1 Å². The van der Waals surface area contributed by atoms with Gasteiger partial charge in [0.15, 0.2) is 5.92 Å². The molecule has 2 atom stereocenters. The number of unbranched alkanes of at least 4 members (excludes halogenated alkanes) is 1. The number of allylic oxidation sites excluding steroid dienone is 1. The van der Waals surface area contributed by atoms with Gasteiger partial charge in [-0.2, -0.15) is 5.26 Å². The molecule has 134 valence electrons. The molecular formula is C20H32N2O2. The Hall–Kier alpha value is -1.63. The van der Waals surface area contributed by atoms with Gasteiger partial charge in [-0.25, -0.2) is 0 Å². The van der Waals surface area contributed by atoms with Crippen LogP contribution in [0.3, 0.4) is 0 Å². The molecule has 1 aliphatic rings. The van der Waals surface area contributed by atoms with Gasteiger partial charge in [0.2, 0.25) is 0 Å². The molecule has 0 heterocycles. The van der Waals surface area contributed by atoms with Crippen molar-refractivity contribution in [2.75, 3.05) is 13.7 Å². The Balaban J connectivity index is 2.96. The van der Waals surface area contributed by atoms with Crippen molar-refractivity contribution in [2.45, 2.75) is 66.2 Å². The minimum atomic E-state index is -0.818. The quantitative estimate of drug-likeness (QED) is 0.605. The third kappa shape index (κ3) is 6.11. The number of hydrogen-bond acceptors (Lipinski definition) is 4. The molecular weight excluding hydrogens is 300 g/mol. The maximum atomic E-state index is 11.9. The van der Waals surface area contributed by atoms with Gasteiger partial charge < -0.3 is 4.74 Å². The highest BCUT2D eigenvalue weighted by Crippen LogP contribution is 2.37. The molecule has 24 heavy (non-hydrogen) atoms. The van der Waals surface area contributed by atoms with Crippen LogP contribution in [0, 0.1) is 28.6 Å². The molecule has 0 radical (unpaired) electrons. The first kappa shape index (κ1) is 20.4. The fourth-order valence-corrected chi connectivity index (χ4v) is 3.28. The molecule has 0 bridgehead atoms. The minimum absolute atomic E-state index is 0.0111. The van der Waals surface area contributed by atoms with Gasteiger partial charge in [-0.15, -0.1) is 0 Å². The highest BCUT2D eigenvalue weighted by atomic mass is 16.5. The van der Waals surface area contributed by atoms with Crippen LogP contribution >= 0.6 is 0 Å². The van der Waals surface area contributed by atoms with E-state index >= 15 is 0 Å². The molecule has 0 aromatic carbocycles. The van der Waals surface area contributed by atoms with E-state index in [0.29, 0.717) is 5.92 Å². The number of aliphatic imine (C=N–C) groups is 1. The molecule has 1 aliphatic carbocycles. The van der Waals surface area contributed by atoms with Crippen LogP contribution in [-0.2, 0) is 9.53 Å². The van der Waals surface area contributed by atoms with Crippen molar-refractivity contribution in [1.82, 2.24) is 0 Å². The lowest BCUT2D eigenvalue weighted by Gasteiger charge is -2.32. The summed E-state index contributed by atoms with van der Waals surface area (Å²) >= 11 is 0. The Kier molecular flexibility index (Phi) is 8.18. The second-order valence-electron chi connectivity index (χ2n) is 7.57. The zero-order valence-corrected chi connectivity index (χ0v) is 15.9. The zero-order chi connectivity index (χ0) is 18.2. The van der Waals surface area contributed by atoms with Gasteiger partial charge in [0, 0.05) is 12.3 Å². The van der Waals surface area contributed by atoms with Crippen molar-refractivity contribution >= 4 is 11.7 Å². The predicted molar refractivity (Wildman–Crippen MR) is 97.8 cm³/mol. The van der Waals surface area contributed by atoms with Crippen LogP contribution in [0.1, 0.15) is 66.2 Å². The minimum Gasteiger partial charge on any atom is -0.468 e. The Morgan fingerprint density at radius 3 is 2.67 bits per heavy atom. The Labute approximate surface area is 147 Å². The summed E-state index contributed by atoms with van der Waals surface area (Å²) in [5.74, 6) is -0.677. The molecule has 0 aliphatic heterocycles. The van der Waals surface area contributed by atoms with Crippen molar-refractivity contribution in [3.8, 4) is 6.07 Å². The maximum absolute atomic E-state index is 11.9. The van der Waals surface area contributed by atoms with Gasteiger partial charge in [-0.1, -0.05) is 47.0 Å². The van der Waals surface area contributed by atoms with Crippen LogP contribution in [-0.4, -0.2) is 25.3 Å². The van der Waals surface area contributed by atoms with E-state index in [1.165, 1.54) is 26.4 Å². The number of esters is 1. The molecule has 4 nitrogen and oxygen atoms in total. The summed E-state index contributed by atoms with van der Waals surface area (Å²) in [6, 6.07) is 2.09. The van der Waals surface area contributed by atoms with E-state index < -0.39 is 11.9 Å². The van der Waals surface area contributed by atoms with Gasteiger partial charge in [0.25, 0.3) is 0 Å². The third-order valence-corrected chi connectivity index (χ3v) is 4.73. The fraction of sp³-hybridized carbons (Fsp3) is 0.750. The molecule has 0 amide bonds. The molecule has 0 N–H and O–H groups in total. The lowest BCUT2D eigenvalue weighted by molar-refractivity contribution is -0.142. The molecule has 0 aromatic heterocycles. The lowest BCUT2D eigenvalue weighted by atomic mass is 9.73. The standard InChI is InChI=1S/C20H32N2O2/c1-6-8-9-15(7-2)14-22-17-10-16(11-20(3,4)12-17)18(13-21)19(23)24-5/h10,15,18H,6-9,11-12,14H2,1-5H3. The lowest BCUT2D eigenvalue weighted by Crippen LogP contribution is -2.28. The Morgan fingerprint density at radius 1 is 1.42 bits per heavy atom. The molecule has 0 fully saturated rings. The average molecular weight is 332 g/mol. The monoisotopic (exact) mass is 332 g/mol. The SMILES string of the molecule is CCCCC(CC)CN=C1C=C(C(C#N)C(=O)OC)CC(C)(C)C1. The number of ether oxygens (including phenoxy) is 1. The third-order valence-electron chi connectivity index (χ3n) is 4.73. The Morgan fingerprint density at radius 2 is 2.12 bits per heavy atom. The fourth-order valence-electron chi connectivity index (χ4n) is 3.28. The van der Waals surface area contributed by atoms with Crippen molar-refractivity contribution in [3.63, 3.8) is 0 Å². The first-order chi connectivity index (χ1) is 11.4. The van der Waals surface area contributed by atoms with E-state index in [-0.39, 0.29) is 5.41 Å². The number of carbonyl (C=O) groups excluding carboxylic acids is 1. The highest BCUT2D eigenvalue weighted by molar-refractivity contribution is 5.98. The number of nitriles is 1. The smallest absolute Gasteiger partial charge is 0.327 e. The van der Waals surface area contributed by atoms with Crippen LogP contribution in [0.4, 0.5) is 0 Å². The average Bonchev–Trinajstić information content (AvgIpc) is 2.54. The largest absolute Gasteiger partial charge is 0.468 e. The topological polar surface area (TPSA) is 62.5 Å². The highest BCUT2D eigenvalue weighted by Gasteiger charge is 2.33. The summed E-state index contributed by atoms with van der Waals surface area (Å²) < 4.78 is 4.78. The normalized spacial score (nSPS) is 20.8. The number of methoxy groups -OCH3 is 1. The predicted octanol–water partition coefficient (Wildman–Crippen LogP) is 4.70. The summed E-state index contributed by atoms with van der Waals surface area (Å²) in [5, 5.41) is 9.36. The number of nitrogens with zero attached hydrogens (tertiary/aromatic N) is 2. The van der Waals surface area contributed by atoms with Crippen LogP contribution in [0.25, 0.3) is 0 Å². The van der Waals surface area contributed by atoms with Gasteiger partial charge >= 0.3 is 5.97 Å². The second-order valence-corrected chi connectivity index (χ2v) is 7.57. The first-order valence-corrected chi connectivity index (χ1v) is 9.08. The summed E-state index contributed by atoms with van der Waals surface area (Å²) in [6.07, 6.45) is 8.39. The maximum Gasteiger partial charge on any atom is 0.327 e. The molecule has 0 saturated carbocycles. The van der Waals surface area contributed by atoms with Gasteiger partial charge in [0.05, 0.1) is 13.2 Å². The summed E-state index contributed by atoms with van der Waals surface area (Å²) in [7, 11) is 1.33. The zero-order valence-electron chi connectivity index (χ0n) is 15.9. The van der Waals surface area contributed by atoms with E-state index in [2.05, 4.69) is 33.8 Å². The first-order valence-electron chi connectivity index (χ1n) is 9.08. The molecule has 2 unspecified atom stereocenters. The van der Waals surface area contributed by atoms with E-state index in [0.717, 1.165) is 37.1 Å². The summed E-state index contributed by atoms with van der Waals surface area (Å²) in [5.41, 5.74) is 1.86. The molecule has 4 heteroatoms. The van der Waals surface area contributed by atoms with Crippen LogP contribution in [0.15, 0.2) is 16.6 Å². The molecule has 1 rings (SSSR count). The van der Waals surface area contributed by atoms with E-state index in [4.69, 9.17) is 9.73 Å². The molecule has 0 spiro atoms. The van der Waals surface area contributed by atoms with Crippen LogP contribution in [0.5, 0.6) is 0 Å². The number of carbonyl (C=O) groups is 1.